The van der Waals surface area contributed by atoms with Crippen LogP contribution in [0.2, 0.25) is 0 Å². The molecular weight excluding hydrogens is 1320 g/mol. The van der Waals surface area contributed by atoms with Gasteiger partial charge in [0, 0.05) is 40.2 Å². The third-order valence-corrected chi connectivity index (χ3v) is 21.1. The third kappa shape index (κ3) is 8.04. The second-order valence-corrected chi connectivity index (χ2v) is 25.4. The van der Waals surface area contributed by atoms with Crippen molar-refractivity contribution in [2.24, 2.45) is 0 Å². The van der Waals surface area contributed by atoms with Crippen LogP contribution in [0, 0.1) is 0 Å². The topological polar surface area (TPSA) is 69.4 Å². The number of ether oxygens (including phenoxy) is 1. The van der Waals surface area contributed by atoms with Crippen LogP contribution >= 0.6 is 63.7 Å². The molecule has 0 aromatic heterocycles. The Balaban J connectivity index is 0.000000118. The van der Waals surface area contributed by atoms with E-state index in [9.17, 15) is 9.59 Å². The smallest absolute Gasteiger partial charge is 0.298 e. The molecule has 406 valence electrons. The molecule has 15 aromatic carbocycles. The van der Waals surface area contributed by atoms with E-state index >= 15 is 0 Å². The van der Waals surface area contributed by atoms with Gasteiger partial charge in [-0.3, -0.25) is 9.59 Å². The lowest BCUT2D eigenvalue weighted by Gasteiger charge is -2.21. The Bertz CT molecular complexity index is 5450. The lowest BCUT2D eigenvalue weighted by molar-refractivity contribution is -0.120. The maximum atomic E-state index is 14.1. The molecule has 4 nitrogen and oxygen atoms in total. The molecule has 0 aliphatic heterocycles. The molecule has 0 spiro atoms. The Hall–Kier alpha value is -9.02. The molecule has 0 bridgehead atoms. The van der Waals surface area contributed by atoms with E-state index in [1.807, 2.05) is 36.4 Å². The summed E-state index contributed by atoms with van der Waals surface area (Å²) in [6.07, 6.45) is 0. The number of ketones is 1. The number of hydrogen-bond acceptors (Lipinski definition) is 4. The second-order valence-electron chi connectivity index (χ2n) is 21.9. The summed E-state index contributed by atoms with van der Waals surface area (Å²) in [7, 11) is 0. The summed E-state index contributed by atoms with van der Waals surface area (Å²) in [5.41, 5.74) is 24.5. The van der Waals surface area contributed by atoms with Crippen molar-refractivity contribution >= 4 is 179 Å². The normalized spacial score (nSPS) is 12.9. The molecule has 0 saturated carbocycles. The number of allylic oxidation sites excluding steroid dienone is 4. The molecule has 0 heterocycles. The molecule has 3 aliphatic rings. The van der Waals surface area contributed by atoms with Crippen molar-refractivity contribution in [2.45, 2.75) is 0 Å². The van der Waals surface area contributed by atoms with Crippen molar-refractivity contribution in [1.29, 1.82) is 0 Å². The molecule has 18 rings (SSSR count). The van der Waals surface area contributed by atoms with E-state index in [0.29, 0.717) is 17.9 Å². The molecular formula is C78H43Br4NO3. The highest BCUT2D eigenvalue weighted by molar-refractivity contribution is 9.13. The van der Waals surface area contributed by atoms with Crippen LogP contribution in [0.1, 0.15) is 22.3 Å². The van der Waals surface area contributed by atoms with E-state index in [1.165, 1.54) is 131 Å². The Morgan fingerprint density at radius 3 is 1.20 bits per heavy atom. The number of anilines is 1. The molecule has 0 radical (unpaired) electrons. The van der Waals surface area contributed by atoms with E-state index in [-0.39, 0.29) is 5.78 Å². The van der Waals surface area contributed by atoms with Crippen LogP contribution in [0.4, 0.5) is 5.69 Å². The molecule has 0 fully saturated rings. The molecule has 0 saturated heterocycles. The third-order valence-electron chi connectivity index (χ3n) is 17.4. The van der Waals surface area contributed by atoms with Gasteiger partial charge >= 0.3 is 0 Å². The molecule has 3 aliphatic carbocycles. The molecule has 15 aromatic rings. The molecule has 86 heavy (non-hydrogen) atoms. The van der Waals surface area contributed by atoms with E-state index in [0.717, 1.165) is 51.3 Å². The van der Waals surface area contributed by atoms with Crippen molar-refractivity contribution in [3.8, 4) is 50.3 Å². The average Bonchev–Trinajstić information content (AvgIpc) is 1.52. The van der Waals surface area contributed by atoms with Gasteiger partial charge in [0.2, 0.25) is 0 Å². The van der Waals surface area contributed by atoms with Gasteiger partial charge in [0.1, 0.15) is 0 Å². The Morgan fingerprint density at radius 1 is 0.314 bits per heavy atom. The lowest BCUT2D eigenvalue weighted by Crippen LogP contribution is -2.02. The minimum atomic E-state index is 0.117. The molecule has 0 amide bonds. The maximum absolute atomic E-state index is 14.1. The summed E-state index contributed by atoms with van der Waals surface area (Å²) in [4.78, 5) is 24.1. The van der Waals surface area contributed by atoms with Crippen LogP contribution in [-0.4, -0.2) is 12.3 Å². The van der Waals surface area contributed by atoms with Crippen LogP contribution in [0.3, 0.4) is 0 Å². The van der Waals surface area contributed by atoms with Gasteiger partial charge in [-0.15, -0.1) is 0 Å². The number of nitrogens with two attached hydrogens (primary N) is 1. The van der Waals surface area contributed by atoms with Crippen LogP contribution in [-0.2, 0) is 9.59 Å². The first-order valence-corrected chi connectivity index (χ1v) is 31.3. The van der Waals surface area contributed by atoms with Crippen molar-refractivity contribution in [2.75, 3.05) is 5.73 Å². The average molecular weight is 1360 g/mol. The largest absolute Gasteiger partial charge is 0.427 e. The number of hydrogen-bond donors (Lipinski definition) is 1. The molecule has 2 N–H and O–H groups in total. The Labute approximate surface area is 528 Å². The van der Waals surface area contributed by atoms with Crippen LogP contribution < -0.4 is 10.5 Å². The van der Waals surface area contributed by atoms with Gasteiger partial charge in [-0.1, -0.05) is 206 Å². The number of fused-ring (bicyclic) bond motifs is 7. The quantitative estimate of drug-likeness (QED) is 0.102. The van der Waals surface area contributed by atoms with Gasteiger partial charge in [-0.05, 0) is 242 Å². The number of benzene rings is 15. The van der Waals surface area contributed by atoms with Crippen LogP contribution in [0.5, 0.6) is 5.75 Å². The summed E-state index contributed by atoms with van der Waals surface area (Å²) in [6, 6.07) is 86.1. The highest BCUT2D eigenvalue weighted by atomic mass is 79.9. The number of rotatable bonds is 6. The van der Waals surface area contributed by atoms with Crippen molar-refractivity contribution in [1.82, 2.24) is 0 Å². The fraction of sp³-hybridized carbons (Fsp3) is 0. The zero-order valence-electron chi connectivity index (χ0n) is 45.5. The van der Waals surface area contributed by atoms with Crippen molar-refractivity contribution < 1.29 is 14.3 Å². The number of carbonyl (C=O) groups is 2. The van der Waals surface area contributed by atoms with Gasteiger partial charge in [0.15, 0.2) is 11.5 Å². The van der Waals surface area contributed by atoms with Gasteiger partial charge < -0.3 is 10.5 Å². The Kier molecular flexibility index (Phi) is 12.6. The molecule has 0 atom stereocenters. The Morgan fingerprint density at radius 2 is 0.698 bits per heavy atom. The number of halogens is 4. The van der Waals surface area contributed by atoms with Crippen molar-refractivity contribution in [3.63, 3.8) is 0 Å². The van der Waals surface area contributed by atoms with Gasteiger partial charge in [0.05, 0.1) is 5.69 Å². The highest BCUT2D eigenvalue weighted by Crippen LogP contribution is 2.61. The van der Waals surface area contributed by atoms with Gasteiger partial charge in [-0.25, -0.2) is 0 Å². The molecule has 0 unspecified atom stereocenters. The lowest BCUT2D eigenvalue weighted by atomic mass is 9.82. The van der Waals surface area contributed by atoms with Gasteiger partial charge in [0.25, 0.3) is 6.47 Å². The summed E-state index contributed by atoms with van der Waals surface area (Å²) in [6.45, 7) is 0.339. The number of nitrogen functional groups attached to an aromatic ring is 1. The SMILES string of the molecule is Brc1cc2c(-c3ccccc3)c3c(c(-c4ccccc4)c2cc1Br)-c1cc2cccc4ccc5ccc-3c1c5c42.Nc1cc(Br)c(Br)cc1OC=O.O=C1C(c2ccccc2)=C2C(=C1c1ccccc1)c1cc3cccc4ccc5ccc2c1c5c43. The monoisotopic (exact) mass is 1360 g/mol. The predicted octanol–water partition coefficient (Wildman–Crippen LogP) is 22.6. The summed E-state index contributed by atoms with van der Waals surface area (Å²) in [5.74, 6) is 0.464. The summed E-state index contributed by atoms with van der Waals surface area (Å²) in [5, 5.41) is 18.2. The fourth-order valence-electron chi connectivity index (χ4n) is 13.9. The molecule has 8 heteroatoms. The zero-order chi connectivity index (χ0) is 58.1. The van der Waals surface area contributed by atoms with E-state index in [2.05, 4.69) is 263 Å². The number of Topliss-reactive ketones (excluding diaryl/α,β-unsaturated/α-hetero) is 1. The minimum absolute atomic E-state index is 0.117. The fourth-order valence-corrected chi connectivity index (χ4v) is 15.3. The summed E-state index contributed by atoms with van der Waals surface area (Å²) < 4.78 is 8.33. The maximum Gasteiger partial charge on any atom is 0.298 e. The first kappa shape index (κ1) is 52.5. The van der Waals surface area contributed by atoms with Crippen LogP contribution in [0.25, 0.3) is 142 Å². The van der Waals surface area contributed by atoms with Gasteiger partial charge in [-0.2, -0.15) is 0 Å². The highest BCUT2D eigenvalue weighted by Gasteiger charge is 2.41. The first-order valence-electron chi connectivity index (χ1n) is 28.2. The second kappa shape index (κ2) is 20.6. The standard InChI is InChI=1S/C38H20Br2.C33H18O.C7H5Br2NO2/c39-30-19-27-28(20-31(30)40)34(22-10-5-2-6-11-22)38-29-18-25-13-7-12-23-14-15-24-16-17-26(36(29)35(24)32(23)25)37(38)33(27)21-8-3-1-4-9-21;34-33-28(19-8-3-1-4-9-19)31-24-17-16-22-15-14-21-12-7-13-23-18-25(30(24)27(22)26(21)23)32(31)29(33)20-10-5-2-6-11-20;8-4-1-6(10)7(12-3-11)2-5(4)9/h1-20H;1-18H;1-3H,10H2. The minimum Gasteiger partial charge on any atom is -0.427 e. The number of carbonyl (C=O) groups excluding carboxylic acids is 2. The van der Waals surface area contributed by atoms with E-state index in [1.54, 1.807) is 12.1 Å². The first-order chi connectivity index (χ1) is 42.1. The van der Waals surface area contributed by atoms with Crippen LogP contribution in [0.15, 0.2) is 261 Å². The van der Waals surface area contributed by atoms with Crippen molar-refractivity contribution in [3.05, 3.63) is 283 Å². The predicted molar refractivity (Wildman–Crippen MR) is 373 cm³/mol. The zero-order valence-corrected chi connectivity index (χ0v) is 51.8. The summed E-state index contributed by atoms with van der Waals surface area (Å²) >= 11 is 14.2. The van der Waals surface area contributed by atoms with E-state index in [4.69, 9.17) is 5.73 Å². The van der Waals surface area contributed by atoms with E-state index < -0.39 is 0 Å².